The molecule has 0 fully saturated rings. The van der Waals surface area contributed by atoms with Crippen molar-refractivity contribution in [2.45, 2.75) is 6.92 Å². The maximum atomic E-state index is 12.1. The van der Waals surface area contributed by atoms with Gasteiger partial charge in [-0.05, 0) is 42.1 Å². The Hall–Kier alpha value is -2.64. The standard InChI is InChI=1S/C19H18N2O3S2/c1-3-24-15-8-6-13(11-16(15)23-2)7-9-18(22)21-19-20-14(12-26-19)17-5-4-10-25-17/h4-12H,3H2,1-2H3,(H,20,21,22)/b9-7+. The lowest BCUT2D eigenvalue weighted by molar-refractivity contribution is -0.111. The molecule has 0 aliphatic carbocycles. The van der Waals surface area contributed by atoms with Crippen LogP contribution in [0.15, 0.2) is 47.2 Å². The predicted octanol–water partition coefficient (Wildman–Crippen LogP) is 4.93. The Morgan fingerprint density at radius 1 is 1.27 bits per heavy atom. The number of amides is 1. The van der Waals surface area contributed by atoms with Crippen LogP contribution in [0.3, 0.4) is 0 Å². The van der Waals surface area contributed by atoms with Crippen LogP contribution < -0.4 is 14.8 Å². The maximum Gasteiger partial charge on any atom is 0.250 e. The van der Waals surface area contributed by atoms with Crippen LogP contribution in [0.5, 0.6) is 11.5 Å². The van der Waals surface area contributed by atoms with E-state index >= 15 is 0 Å². The van der Waals surface area contributed by atoms with Gasteiger partial charge in [-0.15, -0.1) is 22.7 Å². The highest BCUT2D eigenvalue weighted by molar-refractivity contribution is 7.16. The number of nitrogens with one attached hydrogen (secondary N) is 1. The van der Waals surface area contributed by atoms with Gasteiger partial charge in [-0.2, -0.15) is 0 Å². The Bertz CT molecular complexity index is 901. The van der Waals surface area contributed by atoms with Gasteiger partial charge in [0.25, 0.3) is 0 Å². The Morgan fingerprint density at radius 3 is 2.88 bits per heavy atom. The Morgan fingerprint density at radius 2 is 2.15 bits per heavy atom. The summed E-state index contributed by atoms with van der Waals surface area (Å²) in [7, 11) is 1.59. The molecule has 1 amide bonds. The van der Waals surface area contributed by atoms with Crippen molar-refractivity contribution in [2.24, 2.45) is 0 Å². The van der Waals surface area contributed by atoms with Gasteiger partial charge in [0.2, 0.25) is 5.91 Å². The summed E-state index contributed by atoms with van der Waals surface area (Å²) in [5, 5.41) is 7.30. The van der Waals surface area contributed by atoms with E-state index in [-0.39, 0.29) is 5.91 Å². The zero-order valence-corrected chi connectivity index (χ0v) is 16.0. The third kappa shape index (κ3) is 4.50. The Labute approximate surface area is 159 Å². The van der Waals surface area contributed by atoms with Gasteiger partial charge < -0.3 is 9.47 Å². The number of aromatic nitrogens is 1. The number of carbonyl (C=O) groups is 1. The third-order valence-electron chi connectivity index (χ3n) is 3.42. The van der Waals surface area contributed by atoms with Crippen LogP contribution in [0.4, 0.5) is 5.13 Å². The highest BCUT2D eigenvalue weighted by Crippen LogP contribution is 2.29. The lowest BCUT2D eigenvalue weighted by Crippen LogP contribution is -2.07. The van der Waals surface area contributed by atoms with Gasteiger partial charge in [0.15, 0.2) is 16.6 Å². The summed E-state index contributed by atoms with van der Waals surface area (Å²) in [5.41, 5.74) is 1.72. The van der Waals surface area contributed by atoms with Crippen LogP contribution in [0.1, 0.15) is 12.5 Å². The van der Waals surface area contributed by atoms with E-state index in [4.69, 9.17) is 9.47 Å². The van der Waals surface area contributed by atoms with Gasteiger partial charge in [0, 0.05) is 11.5 Å². The molecule has 0 saturated carbocycles. The molecule has 3 rings (SSSR count). The lowest BCUT2D eigenvalue weighted by atomic mass is 10.2. The summed E-state index contributed by atoms with van der Waals surface area (Å²) in [6, 6.07) is 9.51. The average Bonchev–Trinajstić information content (AvgIpc) is 3.32. The minimum absolute atomic E-state index is 0.232. The second kappa shape index (κ2) is 8.64. The van der Waals surface area contributed by atoms with Gasteiger partial charge in [0.1, 0.15) is 0 Å². The zero-order valence-electron chi connectivity index (χ0n) is 14.4. The number of hydrogen-bond donors (Lipinski definition) is 1. The van der Waals surface area contributed by atoms with Crippen molar-refractivity contribution in [2.75, 3.05) is 19.0 Å². The first kappa shape index (κ1) is 18.2. The fraction of sp³-hybridized carbons (Fsp3) is 0.158. The van der Waals surface area contributed by atoms with Crippen molar-refractivity contribution >= 4 is 39.8 Å². The molecule has 0 saturated heterocycles. The van der Waals surface area contributed by atoms with Gasteiger partial charge in [-0.1, -0.05) is 12.1 Å². The average molecular weight is 386 g/mol. The van der Waals surface area contributed by atoms with Crippen molar-refractivity contribution in [3.05, 3.63) is 52.7 Å². The smallest absolute Gasteiger partial charge is 0.250 e. The molecule has 2 heterocycles. The molecule has 3 aromatic rings. The van der Waals surface area contributed by atoms with E-state index in [0.29, 0.717) is 23.2 Å². The fourth-order valence-corrected chi connectivity index (χ4v) is 3.72. The van der Waals surface area contributed by atoms with Crippen LogP contribution in [-0.2, 0) is 4.79 Å². The van der Waals surface area contributed by atoms with Crippen molar-refractivity contribution < 1.29 is 14.3 Å². The molecule has 26 heavy (non-hydrogen) atoms. The molecule has 0 aliphatic heterocycles. The quantitative estimate of drug-likeness (QED) is 0.585. The molecule has 0 atom stereocenters. The molecule has 1 aromatic carbocycles. The van der Waals surface area contributed by atoms with Crippen LogP contribution in [0.2, 0.25) is 0 Å². The van der Waals surface area contributed by atoms with Crippen molar-refractivity contribution in [1.82, 2.24) is 4.98 Å². The normalized spacial score (nSPS) is 10.8. The topological polar surface area (TPSA) is 60.5 Å². The Balaban J connectivity index is 1.64. The minimum atomic E-state index is -0.232. The Kier molecular flexibility index (Phi) is 6.04. The first-order valence-electron chi connectivity index (χ1n) is 7.99. The lowest BCUT2D eigenvalue weighted by Gasteiger charge is -2.09. The third-order valence-corrected chi connectivity index (χ3v) is 5.07. The molecular formula is C19H18N2O3S2. The second-order valence-electron chi connectivity index (χ2n) is 5.18. The molecule has 2 aromatic heterocycles. The number of ether oxygens (including phenoxy) is 2. The number of nitrogens with zero attached hydrogens (tertiary/aromatic N) is 1. The first-order chi connectivity index (χ1) is 12.7. The molecule has 0 radical (unpaired) electrons. The van der Waals surface area contributed by atoms with Crippen LogP contribution >= 0.6 is 22.7 Å². The number of anilines is 1. The molecule has 5 nitrogen and oxygen atoms in total. The van der Waals surface area contributed by atoms with E-state index in [0.717, 1.165) is 16.1 Å². The molecule has 7 heteroatoms. The number of carbonyl (C=O) groups excluding carboxylic acids is 1. The van der Waals surface area contributed by atoms with E-state index in [2.05, 4.69) is 10.3 Å². The SMILES string of the molecule is CCOc1ccc(/C=C/C(=O)Nc2nc(-c3cccs3)cs2)cc1OC. The van der Waals surface area contributed by atoms with E-state index < -0.39 is 0 Å². The second-order valence-corrected chi connectivity index (χ2v) is 6.99. The summed E-state index contributed by atoms with van der Waals surface area (Å²) in [6.45, 7) is 2.48. The summed E-state index contributed by atoms with van der Waals surface area (Å²) in [6.07, 6.45) is 3.20. The van der Waals surface area contributed by atoms with Crippen LogP contribution in [0.25, 0.3) is 16.6 Å². The number of thiophene rings is 1. The molecular weight excluding hydrogens is 368 g/mol. The maximum absolute atomic E-state index is 12.1. The molecule has 0 unspecified atom stereocenters. The molecule has 0 aliphatic rings. The zero-order chi connectivity index (χ0) is 18.4. The van der Waals surface area contributed by atoms with Crippen LogP contribution in [0, 0.1) is 0 Å². The van der Waals surface area contributed by atoms with Gasteiger partial charge >= 0.3 is 0 Å². The predicted molar refractivity (Wildman–Crippen MR) is 107 cm³/mol. The van der Waals surface area contributed by atoms with Crippen LogP contribution in [-0.4, -0.2) is 24.6 Å². The molecule has 0 spiro atoms. The number of methoxy groups -OCH3 is 1. The molecule has 134 valence electrons. The summed E-state index contributed by atoms with van der Waals surface area (Å²) < 4.78 is 10.8. The van der Waals surface area contributed by atoms with E-state index in [1.807, 2.05) is 48.0 Å². The number of benzene rings is 1. The summed E-state index contributed by atoms with van der Waals surface area (Å²) >= 11 is 3.02. The molecule has 1 N–H and O–H groups in total. The molecule has 0 bridgehead atoms. The van der Waals surface area contributed by atoms with E-state index in [1.165, 1.54) is 17.4 Å². The summed E-state index contributed by atoms with van der Waals surface area (Å²) in [5.74, 6) is 1.08. The van der Waals surface area contributed by atoms with Crippen molar-refractivity contribution in [1.29, 1.82) is 0 Å². The minimum Gasteiger partial charge on any atom is -0.493 e. The number of hydrogen-bond acceptors (Lipinski definition) is 6. The number of rotatable bonds is 7. The fourth-order valence-electron chi connectivity index (χ4n) is 2.25. The first-order valence-corrected chi connectivity index (χ1v) is 9.75. The van der Waals surface area contributed by atoms with Gasteiger partial charge in [-0.3, -0.25) is 10.1 Å². The van der Waals surface area contributed by atoms with E-state index in [9.17, 15) is 4.79 Å². The highest BCUT2D eigenvalue weighted by atomic mass is 32.1. The van der Waals surface area contributed by atoms with Crippen molar-refractivity contribution in [3.63, 3.8) is 0 Å². The highest BCUT2D eigenvalue weighted by Gasteiger charge is 2.07. The number of thiazole rings is 1. The largest absolute Gasteiger partial charge is 0.493 e. The monoisotopic (exact) mass is 386 g/mol. The van der Waals surface area contributed by atoms with Gasteiger partial charge in [-0.25, -0.2) is 4.98 Å². The summed E-state index contributed by atoms with van der Waals surface area (Å²) in [4.78, 5) is 17.6. The van der Waals surface area contributed by atoms with Crippen molar-refractivity contribution in [3.8, 4) is 22.1 Å². The van der Waals surface area contributed by atoms with Gasteiger partial charge in [0.05, 0.1) is 24.3 Å². The van der Waals surface area contributed by atoms with E-state index in [1.54, 1.807) is 24.5 Å².